The van der Waals surface area contributed by atoms with Crippen LogP contribution in [0.5, 0.6) is 0 Å². The van der Waals surface area contributed by atoms with E-state index in [1.807, 2.05) is 0 Å². The molecule has 3 unspecified atom stereocenters. The molecule has 11 rings (SSSR count). The lowest BCUT2D eigenvalue weighted by molar-refractivity contribution is -0.00518. The second kappa shape index (κ2) is 11.6. The summed E-state index contributed by atoms with van der Waals surface area (Å²) < 4.78 is 0. The van der Waals surface area contributed by atoms with Gasteiger partial charge in [-0.3, -0.25) is 0 Å². The lowest BCUT2D eigenvalue weighted by Crippen LogP contribution is -2.48. The van der Waals surface area contributed by atoms with Gasteiger partial charge in [0.1, 0.15) is 0 Å². The zero-order chi connectivity index (χ0) is 31.7. The number of benzene rings is 4. The maximum absolute atomic E-state index is 2.54. The van der Waals surface area contributed by atoms with Crippen molar-refractivity contribution in [1.29, 1.82) is 0 Å². The molecule has 0 spiro atoms. The molecule has 0 N–H and O–H groups in total. The zero-order valence-corrected chi connectivity index (χ0v) is 28.8. The van der Waals surface area contributed by atoms with Crippen molar-refractivity contribution in [2.75, 3.05) is 4.90 Å². The molecule has 0 heterocycles. The number of hydrogen-bond acceptors (Lipinski definition) is 1. The summed E-state index contributed by atoms with van der Waals surface area (Å²) in [7, 11) is 0. The monoisotopic (exact) mass is 631 g/mol. The summed E-state index contributed by atoms with van der Waals surface area (Å²) in [6, 6.07) is 40.9. The third-order valence-electron chi connectivity index (χ3n) is 14.8. The quantitative estimate of drug-likeness (QED) is 0.196. The van der Waals surface area contributed by atoms with Gasteiger partial charge in [0.25, 0.3) is 0 Å². The van der Waals surface area contributed by atoms with Gasteiger partial charge >= 0.3 is 0 Å². The summed E-state index contributed by atoms with van der Waals surface area (Å²) in [5, 5.41) is 0. The highest BCUT2D eigenvalue weighted by atomic mass is 15.1. The van der Waals surface area contributed by atoms with Crippen LogP contribution in [0, 0.1) is 29.6 Å². The van der Waals surface area contributed by atoms with Gasteiger partial charge in [0, 0.05) is 22.5 Å². The van der Waals surface area contributed by atoms with E-state index in [4.69, 9.17) is 0 Å². The van der Waals surface area contributed by atoms with Crippen molar-refractivity contribution in [3.05, 3.63) is 125 Å². The van der Waals surface area contributed by atoms with Crippen LogP contribution < -0.4 is 4.90 Å². The van der Waals surface area contributed by atoms with Gasteiger partial charge in [0.15, 0.2) is 0 Å². The van der Waals surface area contributed by atoms with E-state index in [0.717, 1.165) is 35.5 Å². The average molecular weight is 632 g/mol. The topological polar surface area (TPSA) is 3.24 Å². The molecule has 0 amide bonds. The van der Waals surface area contributed by atoms with Crippen LogP contribution in [0.1, 0.15) is 124 Å². The van der Waals surface area contributed by atoms with Gasteiger partial charge in [-0.2, -0.15) is 0 Å². The Kier molecular flexibility index (Phi) is 7.17. The van der Waals surface area contributed by atoms with E-state index in [0.29, 0.717) is 5.41 Å². The summed E-state index contributed by atoms with van der Waals surface area (Å²) in [5.41, 5.74) is 10.6. The lowest BCUT2D eigenvalue weighted by Gasteiger charge is -2.57. The van der Waals surface area contributed by atoms with E-state index < -0.39 is 0 Å². The summed E-state index contributed by atoms with van der Waals surface area (Å²) >= 11 is 0. The van der Waals surface area contributed by atoms with E-state index in [1.54, 1.807) is 11.1 Å². The second-order valence-electron chi connectivity index (χ2n) is 17.5. The van der Waals surface area contributed by atoms with E-state index in [1.165, 1.54) is 125 Å². The van der Waals surface area contributed by atoms with Gasteiger partial charge < -0.3 is 4.90 Å². The van der Waals surface area contributed by atoms with Crippen LogP contribution in [0.3, 0.4) is 0 Å². The summed E-state index contributed by atoms with van der Waals surface area (Å²) in [6.07, 6.45) is 21.1. The molecule has 48 heavy (non-hydrogen) atoms. The van der Waals surface area contributed by atoms with Crippen molar-refractivity contribution >= 4 is 17.1 Å². The molecule has 0 aliphatic heterocycles. The van der Waals surface area contributed by atoms with Crippen molar-refractivity contribution < 1.29 is 0 Å². The summed E-state index contributed by atoms with van der Waals surface area (Å²) in [4.78, 5) is 2.54. The molecule has 4 aromatic rings. The number of hydrogen-bond donors (Lipinski definition) is 0. The Morgan fingerprint density at radius 1 is 0.458 bits per heavy atom. The Hall–Kier alpha value is -3.32. The van der Waals surface area contributed by atoms with Gasteiger partial charge in [-0.05, 0) is 170 Å². The standard InChI is InChI=1S/C47H53N/c1-3-7-40(8-4-1)47(23-5-2-6-24-47)41-15-21-44(22-16-41)48(42-17-11-37(12-18-42)45-29-33-9-10-38(45)28-33)43-19-13-39(14-20-43)46-30-34-25-35(31-46)27-36(26-34)32-46/h1,3-4,7-8,11-22,33-36,38,45H,2,5-6,9-10,23-32H2. The number of rotatable bonds is 7. The van der Waals surface area contributed by atoms with Crippen LogP contribution >= 0.6 is 0 Å². The molecular formula is C47H53N. The Bertz CT molecular complexity index is 1690. The molecule has 3 atom stereocenters. The smallest absolute Gasteiger partial charge is 0.0461 e. The fourth-order valence-electron chi connectivity index (χ4n) is 13.0. The average Bonchev–Trinajstić information content (AvgIpc) is 3.78. The van der Waals surface area contributed by atoms with Gasteiger partial charge in [-0.15, -0.1) is 0 Å². The molecule has 7 aliphatic rings. The predicted octanol–water partition coefficient (Wildman–Crippen LogP) is 12.8. The molecule has 6 bridgehead atoms. The third kappa shape index (κ3) is 4.93. The van der Waals surface area contributed by atoms with E-state index in [2.05, 4.69) is 108 Å². The molecule has 7 saturated carbocycles. The van der Waals surface area contributed by atoms with Gasteiger partial charge in [0.2, 0.25) is 0 Å². The molecular weight excluding hydrogens is 579 g/mol. The van der Waals surface area contributed by atoms with Gasteiger partial charge in [-0.25, -0.2) is 0 Å². The summed E-state index contributed by atoms with van der Waals surface area (Å²) in [6.45, 7) is 0. The van der Waals surface area contributed by atoms with Crippen LogP contribution in [0.15, 0.2) is 103 Å². The highest BCUT2D eigenvalue weighted by molar-refractivity contribution is 5.77. The number of fused-ring (bicyclic) bond motifs is 2. The Morgan fingerprint density at radius 2 is 1.00 bits per heavy atom. The molecule has 1 nitrogen and oxygen atoms in total. The maximum Gasteiger partial charge on any atom is 0.0461 e. The molecule has 0 radical (unpaired) electrons. The summed E-state index contributed by atoms with van der Waals surface area (Å²) in [5.74, 6) is 5.59. The highest BCUT2D eigenvalue weighted by Gasteiger charge is 2.51. The zero-order valence-electron chi connectivity index (χ0n) is 28.8. The fourth-order valence-corrected chi connectivity index (χ4v) is 13.0. The SMILES string of the molecule is c1ccc(C2(c3ccc(N(c4ccc(C5CC6CCC5C6)cc4)c4ccc(C56CC7CC(CC(C7)C5)C6)cc4)cc3)CCCCC2)cc1. The van der Waals surface area contributed by atoms with E-state index in [-0.39, 0.29) is 5.41 Å². The first-order valence-corrected chi connectivity index (χ1v) is 19.8. The van der Waals surface area contributed by atoms with E-state index >= 15 is 0 Å². The van der Waals surface area contributed by atoms with Crippen molar-refractivity contribution in [3.63, 3.8) is 0 Å². The second-order valence-corrected chi connectivity index (χ2v) is 17.5. The molecule has 7 aliphatic carbocycles. The van der Waals surface area contributed by atoms with Crippen molar-refractivity contribution in [3.8, 4) is 0 Å². The predicted molar refractivity (Wildman–Crippen MR) is 199 cm³/mol. The first-order chi connectivity index (χ1) is 23.6. The van der Waals surface area contributed by atoms with Crippen LogP contribution in [0.2, 0.25) is 0 Å². The van der Waals surface area contributed by atoms with Crippen molar-refractivity contribution in [2.45, 2.75) is 113 Å². The van der Waals surface area contributed by atoms with Gasteiger partial charge in [0.05, 0.1) is 0 Å². The fraction of sp³-hybridized carbons (Fsp3) is 0.489. The minimum atomic E-state index is 0.130. The number of nitrogens with zero attached hydrogens (tertiary/aromatic N) is 1. The third-order valence-corrected chi connectivity index (χ3v) is 14.8. The normalized spacial score (nSPS) is 32.8. The minimum absolute atomic E-state index is 0.130. The van der Waals surface area contributed by atoms with Crippen LogP contribution in [-0.2, 0) is 10.8 Å². The van der Waals surface area contributed by atoms with Crippen molar-refractivity contribution in [2.24, 2.45) is 29.6 Å². The first-order valence-electron chi connectivity index (χ1n) is 19.8. The molecule has 7 fully saturated rings. The Labute approximate surface area is 289 Å². The molecule has 0 aromatic heterocycles. The van der Waals surface area contributed by atoms with Crippen LogP contribution in [0.25, 0.3) is 0 Å². The number of anilines is 3. The highest BCUT2D eigenvalue weighted by Crippen LogP contribution is 2.61. The molecule has 4 aromatic carbocycles. The maximum atomic E-state index is 2.54. The lowest BCUT2D eigenvalue weighted by atomic mass is 9.48. The first kappa shape index (κ1) is 29.6. The molecule has 0 saturated heterocycles. The van der Waals surface area contributed by atoms with Crippen LogP contribution in [-0.4, -0.2) is 0 Å². The Morgan fingerprint density at radius 3 is 1.54 bits per heavy atom. The Balaban J connectivity index is 1.00. The molecule has 1 heteroatoms. The van der Waals surface area contributed by atoms with Crippen molar-refractivity contribution in [1.82, 2.24) is 0 Å². The minimum Gasteiger partial charge on any atom is -0.311 e. The molecule has 246 valence electrons. The van der Waals surface area contributed by atoms with E-state index in [9.17, 15) is 0 Å². The van der Waals surface area contributed by atoms with Gasteiger partial charge in [-0.1, -0.05) is 92.4 Å². The largest absolute Gasteiger partial charge is 0.311 e. The van der Waals surface area contributed by atoms with Crippen LogP contribution in [0.4, 0.5) is 17.1 Å².